The second-order valence-electron chi connectivity index (χ2n) is 5.38. The van der Waals surface area contributed by atoms with Crippen LogP contribution in [-0.4, -0.2) is 8.75 Å². The van der Waals surface area contributed by atoms with Gasteiger partial charge in [-0.25, -0.2) is 0 Å². The molecule has 2 nitrogen and oxygen atoms in total. The van der Waals surface area contributed by atoms with E-state index in [0.29, 0.717) is 5.69 Å². The summed E-state index contributed by atoms with van der Waals surface area (Å²) >= 11 is 0.995. The Morgan fingerprint density at radius 1 is 1.00 bits per heavy atom. The van der Waals surface area contributed by atoms with Crippen molar-refractivity contribution in [3.05, 3.63) is 11.6 Å². The van der Waals surface area contributed by atoms with E-state index in [2.05, 4.69) is 29.5 Å². The van der Waals surface area contributed by atoms with Crippen LogP contribution in [-0.2, 0) is 5.41 Å². The lowest BCUT2D eigenvalue weighted by atomic mass is 9.77. The topological polar surface area (TPSA) is 25.8 Å². The van der Waals surface area contributed by atoms with Gasteiger partial charge in [0, 0.05) is 5.41 Å². The lowest BCUT2D eigenvalue weighted by Crippen LogP contribution is -2.24. The van der Waals surface area contributed by atoms with Gasteiger partial charge in [-0.3, -0.25) is 0 Å². The summed E-state index contributed by atoms with van der Waals surface area (Å²) in [5.41, 5.74) is 0.471. The standard InChI is InChI=1S/C14H25FN2S/c1-4-6-8-9-11-14(3,10-7-5-2)12-13(15)17-18-16-12/h4-11H2,1-3H3. The highest BCUT2D eigenvalue weighted by atomic mass is 32.1. The van der Waals surface area contributed by atoms with Crippen molar-refractivity contribution in [2.75, 3.05) is 0 Å². The van der Waals surface area contributed by atoms with Gasteiger partial charge in [0.05, 0.1) is 11.7 Å². The molecule has 1 unspecified atom stereocenters. The molecule has 1 rings (SSSR count). The summed E-state index contributed by atoms with van der Waals surface area (Å²) in [4.78, 5) is 0. The molecule has 0 bridgehead atoms. The highest BCUT2D eigenvalue weighted by Crippen LogP contribution is 2.35. The van der Waals surface area contributed by atoms with Crippen molar-refractivity contribution in [1.82, 2.24) is 8.75 Å². The summed E-state index contributed by atoms with van der Waals surface area (Å²) in [5, 5.41) is 0. The van der Waals surface area contributed by atoms with Gasteiger partial charge in [0.1, 0.15) is 5.69 Å². The molecule has 0 saturated carbocycles. The predicted molar refractivity (Wildman–Crippen MR) is 75.5 cm³/mol. The first-order valence-corrected chi connectivity index (χ1v) is 7.85. The fourth-order valence-electron chi connectivity index (χ4n) is 2.41. The average Bonchev–Trinajstić information content (AvgIpc) is 2.79. The zero-order chi connectivity index (χ0) is 13.4. The summed E-state index contributed by atoms with van der Waals surface area (Å²) in [6.07, 6.45) is 9.20. The molecular formula is C14H25FN2S. The molecule has 4 heteroatoms. The van der Waals surface area contributed by atoms with E-state index in [1.54, 1.807) is 0 Å². The third kappa shape index (κ3) is 4.30. The van der Waals surface area contributed by atoms with Gasteiger partial charge >= 0.3 is 0 Å². The van der Waals surface area contributed by atoms with Crippen molar-refractivity contribution in [2.24, 2.45) is 0 Å². The lowest BCUT2D eigenvalue weighted by molar-refractivity contribution is 0.346. The van der Waals surface area contributed by atoms with Crippen molar-refractivity contribution < 1.29 is 4.39 Å². The van der Waals surface area contributed by atoms with Crippen LogP contribution in [0.15, 0.2) is 0 Å². The van der Waals surface area contributed by atoms with Crippen LogP contribution in [0.1, 0.15) is 77.8 Å². The van der Waals surface area contributed by atoms with Gasteiger partial charge in [0.15, 0.2) is 0 Å². The van der Waals surface area contributed by atoms with E-state index < -0.39 is 0 Å². The second kappa shape index (κ2) is 7.82. The Morgan fingerprint density at radius 2 is 1.67 bits per heavy atom. The fraction of sp³-hybridized carbons (Fsp3) is 0.857. The van der Waals surface area contributed by atoms with Crippen molar-refractivity contribution in [3.8, 4) is 0 Å². The molecule has 0 aromatic carbocycles. The second-order valence-corrected chi connectivity index (χ2v) is 5.91. The van der Waals surface area contributed by atoms with Gasteiger partial charge in [-0.15, -0.1) is 4.37 Å². The molecule has 0 amide bonds. The molecule has 1 heterocycles. The summed E-state index contributed by atoms with van der Waals surface area (Å²) < 4.78 is 21.6. The SMILES string of the molecule is CCCCCCC(C)(CCCC)c1nsnc1F. The average molecular weight is 272 g/mol. The maximum Gasteiger partial charge on any atom is 0.248 e. The zero-order valence-corrected chi connectivity index (χ0v) is 12.7. The minimum Gasteiger partial charge on any atom is -0.182 e. The summed E-state index contributed by atoms with van der Waals surface area (Å²) in [6, 6.07) is 0. The molecule has 0 radical (unpaired) electrons. The molecule has 0 spiro atoms. The molecule has 1 aromatic heterocycles. The number of rotatable bonds is 9. The van der Waals surface area contributed by atoms with Crippen molar-refractivity contribution >= 4 is 11.7 Å². The lowest BCUT2D eigenvalue weighted by Gasteiger charge is -2.27. The fourth-order valence-corrected chi connectivity index (χ4v) is 2.98. The first kappa shape index (κ1) is 15.5. The molecule has 0 aliphatic rings. The van der Waals surface area contributed by atoms with Crippen LogP contribution < -0.4 is 0 Å². The minimum absolute atomic E-state index is 0.124. The smallest absolute Gasteiger partial charge is 0.182 e. The molecule has 0 N–H and O–H groups in total. The summed E-state index contributed by atoms with van der Waals surface area (Å²) in [6.45, 7) is 6.53. The Kier molecular flexibility index (Phi) is 6.76. The molecule has 1 aromatic rings. The Labute approximate surface area is 114 Å². The molecule has 0 aliphatic carbocycles. The van der Waals surface area contributed by atoms with E-state index in [4.69, 9.17) is 0 Å². The zero-order valence-electron chi connectivity index (χ0n) is 11.8. The predicted octanol–water partition coefficient (Wildman–Crippen LogP) is 5.10. The molecule has 1 atom stereocenters. The van der Waals surface area contributed by atoms with Crippen LogP contribution in [0.2, 0.25) is 0 Å². The van der Waals surface area contributed by atoms with Crippen LogP contribution >= 0.6 is 11.7 Å². The number of nitrogens with zero attached hydrogens (tertiary/aromatic N) is 2. The van der Waals surface area contributed by atoms with E-state index in [0.717, 1.165) is 43.8 Å². The minimum atomic E-state index is -0.353. The highest BCUT2D eigenvalue weighted by molar-refractivity contribution is 6.99. The molecular weight excluding hydrogens is 247 g/mol. The van der Waals surface area contributed by atoms with E-state index in [-0.39, 0.29) is 11.4 Å². The maximum absolute atomic E-state index is 13.7. The Bertz CT molecular complexity index is 340. The van der Waals surface area contributed by atoms with Crippen LogP contribution in [0.3, 0.4) is 0 Å². The molecule has 0 saturated heterocycles. The normalized spacial score (nSPS) is 14.7. The van der Waals surface area contributed by atoms with Gasteiger partial charge in [0.2, 0.25) is 5.95 Å². The van der Waals surface area contributed by atoms with Crippen molar-refractivity contribution in [1.29, 1.82) is 0 Å². The Balaban J connectivity index is 2.66. The van der Waals surface area contributed by atoms with Gasteiger partial charge < -0.3 is 0 Å². The van der Waals surface area contributed by atoms with Gasteiger partial charge in [-0.2, -0.15) is 8.76 Å². The first-order valence-electron chi connectivity index (χ1n) is 7.12. The van der Waals surface area contributed by atoms with Crippen molar-refractivity contribution in [3.63, 3.8) is 0 Å². The summed E-state index contributed by atoms with van der Waals surface area (Å²) in [7, 11) is 0. The summed E-state index contributed by atoms with van der Waals surface area (Å²) in [5.74, 6) is -0.353. The monoisotopic (exact) mass is 272 g/mol. The highest BCUT2D eigenvalue weighted by Gasteiger charge is 2.31. The van der Waals surface area contributed by atoms with E-state index in [9.17, 15) is 4.39 Å². The first-order chi connectivity index (χ1) is 8.64. The third-order valence-corrected chi connectivity index (χ3v) is 4.19. The van der Waals surface area contributed by atoms with Gasteiger partial charge in [0.25, 0.3) is 0 Å². The maximum atomic E-state index is 13.7. The number of aromatic nitrogens is 2. The van der Waals surface area contributed by atoms with E-state index >= 15 is 0 Å². The van der Waals surface area contributed by atoms with Crippen LogP contribution in [0, 0.1) is 5.95 Å². The Morgan fingerprint density at radius 3 is 2.22 bits per heavy atom. The molecule has 104 valence electrons. The number of hydrogen-bond acceptors (Lipinski definition) is 3. The van der Waals surface area contributed by atoms with Crippen LogP contribution in [0.5, 0.6) is 0 Å². The van der Waals surface area contributed by atoms with Crippen LogP contribution in [0.25, 0.3) is 0 Å². The Hall–Kier alpha value is -0.510. The van der Waals surface area contributed by atoms with Gasteiger partial charge in [-0.1, -0.05) is 59.3 Å². The van der Waals surface area contributed by atoms with E-state index in [1.807, 2.05) is 0 Å². The van der Waals surface area contributed by atoms with Crippen molar-refractivity contribution in [2.45, 2.75) is 77.6 Å². The van der Waals surface area contributed by atoms with Gasteiger partial charge in [-0.05, 0) is 12.8 Å². The number of halogens is 1. The quantitative estimate of drug-likeness (QED) is 0.585. The number of unbranched alkanes of at least 4 members (excludes halogenated alkanes) is 4. The number of hydrogen-bond donors (Lipinski definition) is 0. The molecule has 0 aliphatic heterocycles. The largest absolute Gasteiger partial charge is 0.248 e. The third-order valence-electron chi connectivity index (χ3n) is 3.68. The van der Waals surface area contributed by atoms with E-state index in [1.165, 1.54) is 19.3 Å². The van der Waals surface area contributed by atoms with Crippen LogP contribution in [0.4, 0.5) is 4.39 Å². The molecule has 0 fully saturated rings. The molecule has 18 heavy (non-hydrogen) atoms.